The molecule has 590 valence electrons. The fraction of sp³-hybridized carbons (Fsp3) is 0.682. The Kier molecular flexibility index (Phi) is 73.6. The van der Waals surface area contributed by atoms with E-state index in [-0.39, 0.29) is 19.3 Å². The van der Waals surface area contributed by atoms with Crippen molar-refractivity contribution in [3.8, 4) is 0 Å². The molecule has 0 fully saturated rings. The van der Waals surface area contributed by atoms with Crippen LogP contribution in [0.2, 0.25) is 0 Å². The molecule has 0 saturated heterocycles. The molecular weight excluding hydrogens is 1340 g/mol. The number of esters is 3. The van der Waals surface area contributed by atoms with Gasteiger partial charge in [-0.1, -0.05) is 295 Å². The van der Waals surface area contributed by atoms with Crippen molar-refractivity contribution >= 4 is 33.6 Å². The van der Waals surface area contributed by atoms with Gasteiger partial charge in [-0.25, -0.2) is 9.13 Å². The van der Waals surface area contributed by atoms with Crippen molar-refractivity contribution in [3.63, 3.8) is 0 Å². The molecule has 0 aromatic heterocycles. The summed E-state index contributed by atoms with van der Waals surface area (Å²) >= 11 is 0. The van der Waals surface area contributed by atoms with Crippen LogP contribution in [0.25, 0.3) is 0 Å². The molecule has 18 heteroatoms. The maximum absolute atomic E-state index is 13.0. The van der Waals surface area contributed by atoms with E-state index in [2.05, 4.69) is 167 Å². The van der Waals surface area contributed by atoms with Gasteiger partial charge in [-0.3, -0.25) is 32.5 Å². The highest BCUT2D eigenvalue weighted by molar-refractivity contribution is 7.47. The van der Waals surface area contributed by atoms with Gasteiger partial charge in [0.2, 0.25) is 0 Å². The molecule has 0 aliphatic rings. The van der Waals surface area contributed by atoms with Gasteiger partial charge in [0, 0.05) is 19.3 Å². The number of carbonyl (C=O) groups is 3. The van der Waals surface area contributed by atoms with Gasteiger partial charge in [0.1, 0.15) is 25.4 Å². The zero-order chi connectivity index (χ0) is 75.2. The van der Waals surface area contributed by atoms with Crippen LogP contribution in [0.4, 0.5) is 0 Å². The lowest BCUT2D eigenvalue weighted by Gasteiger charge is -2.21. The number of unbranched alkanes of at least 4 members (excludes halogenated alkanes) is 28. The molecule has 0 rings (SSSR count). The topological polar surface area (TPSA) is 231 Å². The third-order valence-corrected chi connectivity index (χ3v) is 18.4. The van der Waals surface area contributed by atoms with Crippen molar-refractivity contribution in [3.05, 3.63) is 146 Å². The Morgan fingerprint density at radius 3 is 0.816 bits per heavy atom. The minimum atomic E-state index is -4.94. The van der Waals surface area contributed by atoms with E-state index < -0.39 is 91.5 Å². The standard InChI is InChI=1S/C85H144O16P2/c1-4-7-10-13-16-19-22-25-28-31-34-36-38-39-41-43-45-47-50-53-56-59-62-65-68-71-83(88)95-74-80(86)75-97-102(91,92)98-76-81(87)77-99-103(93,94)100-79-82(101-85(90)73-70-67-64-61-58-55-52-49-44-33-30-27-24-21-18-15-12-9-6-3)78-96-84(89)72-69-66-63-60-57-54-51-48-46-42-40-37-35-32-29-26-23-20-17-14-11-8-5-2/h8,11,16-21,25-30,34-37,39,41-42,44,46,49,80-82,86-87H,4-7,9-10,12-15,22-24,31-33,38,40,43,45,47-48,50-79H2,1-3H3,(H,91,92)(H,93,94)/b11-8-,19-16-,20-17-,21-18-,28-25-,29-26-,30-27-,36-34-,37-35-,41-39-,46-42-,49-44-. The average molecular weight is 1480 g/mol. The van der Waals surface area contributed by atoms with Crippen molar-refractivity contribution < 1.29 is 75.8 Å². The average Bonchev–Trinajstić information content (AvgIpc) is 0.939. The number of allylic oxidation sites excluding steroid dienone is 24. The molecule has 4 N–H and O–H groups in total. The molecular formula is C85H144O16P2. The summed E-state index contributed by atoms with van der Waals surface area (Å²) in [6.07, 6.45) is 94.4. The lowest BCUT2D eigenvalue weighted by Crippen LogP contribution is -2.30. The van der Waals surface area contributed by atoms with Crippen molar-refractivity contribution in [2.75, 3.05) is 39.6 Å². The first-order valence-electron chi connectivity index (χ1n) is 40.1. The minimum Gasteiger partial charge on any atom is -0.463 e. The highest BCUT2D eigenvalue weighted by Crippen LogP contribution is 2.45. The van der Waals surface area contributed by atoms with E-state index in [4.69, 9.17) is 32.3 Å². The van der Waals surface area contributed by atoms with E-state index in [0.29, 0.717) is 19.3 Å². The summed E-state index contributed by atoms with van der Waals surface area (Å²) in [5.74, 6) is -1.61. The largest absolute Gasteiger partial charge is 0.472 e. The molecule has 0 saturated carbocycles. The molecule has 0 bridgehead atoms. The molecule has 103 heavy (non-hydrogen) atoms. The number of aliphatic hydroxyl groups is 2. The lowest BCUT2D eigenvalue weighted by atomic mass is 10.1. The highest BCUT2D eigenvalue weighted by atomic mass is 31.2. The molecule has 0 aromatic rings. The van der Waals surface area contributed by atoms with Crippen molar-refractivity contribution in [1.82, 2.24) is 0 Å². The molecule has 0 spiro atoms. The molecule has 0 aliphatic carbocycles. The Morgan fingerprint density at radius 1 is 0.282 bits per heavy atom. The van der Waals surface area contributed by atoms with Crippen LogP contribution < -0.4 is 0 Å². The quantitative estimate of drug-likeness (QED) is 0.0146. The Labute approximate surface area is 626 Å². The Balaban J connectivity index is 4.69. The van der Waals surface area contributed by atoms with Gasteiger partial charge in [-0.2, -0.15) is 0 Å². The van der Waals surface area contributed by atoms with Gasteiger partial charge < -0.3 is 34.2 Å². The van der Waals surface area contributed by atoms with Crippen LogP contribution >= 0.6 is 15.6 Å². The van der Waals surface area contributed by atoms with E-state index in [0.717, 1.165) is 186 Å². The van der Waals surface area contributed by atoms with Gasteiger partial charge in [0.15, 0.2) is 6.10 Å². The zero-order valence-corrected chi connectivity index (χ0v) is 66.2. The van der Waals surface area contributed by atoms with Crippen molar-refractivity contribution in [2.45, 2.75) is 334 Å². The van der Waals surface area contributed by atoms with E-state index in [1.165, 1.54) is 70.6 Å². The second kappa shape index (κ2) is 77.1. The third kappa shape index (κ3) is 78.3. The van der Waals surface area contributed by atoms with Gasteiger partial charge in [-0.05, 0) is 148 Å². The van der Waals surface area contributed by atoms with Crippen molar-refractivity contribution in [2.24, 2.45) is 0 Å². The zero-order valence-electron chi connectivity index (χ0n) is 64.4. The van der Waals surface area contributed by atoms with E-state index in [1.807, 2.05) is 0 Å². The molecule has 0 aromatic carbocycles. The number of rotatable bonds is 75. The van der Waals surface area contributed by atoms with Crippen LogP contribution in [0.1, 0.15) is 316 Å². The number of phosphoric ester groups is 2. The number of hydrogen-bond donors (Lipinski definition) is 4. The normalized spacial score (nSPS) is 14.7. The minimum absolute atomic E-state index is 0.0830. The summed E-state index contributed by atoms with van der Waals surface area (Å²) in [4.78, 5) is 58.7. The summed E-state index contributed by atoms with van der Waals surface area (Å²) < 4.78 is 61.2. The number of carbonyl (C=O) groups excluding carboxylic acids is 3. The van der Waals surface area contributed by atoms with Gasteiger partial charge in [0.25, 0.3) is 0 Å². The second-order valence-corrected chi connectivity index (χ2v) is 29.4. The predicted octanol–water partition coefficient (Wildman–Crippen LogP) is 23.7. The maximum Gasteiger partial charge on any atom is 0.472 e. The van der Waals surface area contributed by atoms with Crippen LogP contribution in [0.5, 0.6) is 0 Å². The van der Waals surface area contributed by atoms with Gasteiger partial charge in [0.05, 0.1) is 26.4 Å². The van der Waals surface area contributed by atoms with Crippen molar-refractivity contribution in [1.29, 1.82) is 0 Å². The maximum atomic E-state index is 13.0. The monoisotopic (exact) mass is 1480 g/mol. The fourth-order valence-corrected chi connectivity index (χ4v) is 12.0. The summed E-state index contributed by atoms with van der Waals surface area (Å²) in [7, 11) is -9.81. The molecule has 0 radical (unpaired) electrons. The SMILES string of the molecule is CC/C=C\C/C=C\C/C=C\C/C=C\C/C=C\CCCCCCCCCC(=O)OCC(COP(=O)(O)OCC(O)COP(=O)(O)OCC(O)COC(=O)CCCCCCCCCCC/C=C\C/C=C\C/C=C\C/C=C\CCCCC)OC(=O)CCCCCCCC/C=C\C/C=C\C/C=C\CCCCC. The van der Waals surface area contributed by atoms with Crippen LogP contribution in [0.15, 0.2) is 146 Å². The van der Waals surface area contributed by atoms with E-state index in [1.54, 1.807) is 0 Å². The Hall–Kier alpha value is -4.57. The van der Waals surface area contributed by atoms with E-state index >= 15 is 0 Å². The molecule has 0 amide bonds. The number of phosphoric acid groups is 2. The molecule has 16 nitrogen and oxygen atoms in total. The van der Waals surface area contributed by atoms with Crippen LogP contribution in [0.3, 0.4) is 0 Å². The summed E-state index contributed by atoms with van der Waals surface area (Å²) in [6.45, 7) is 2.49. The smallest absolute Gasteiger partial charge is 0.463 e. The first-order chi connectivity index (χ1) is 50.2. The Morgan fingerprint density at radius 2 is 0.515 bits per heavy atom. The summed E-state index contributed by atoms with van der Waals surface area (Å²) in [6, 6.07) is 0. The van der Waals surface area contributed by atoms with E-state index in [9.17, 15) is 43.5 Å². The van der Waals surface area contributed by atoms with Gasteiger partial charge >= 0.3 is 33.6 Å². The van der Waals surface area contributed by atoms with Crippen LogP contribution in [-0.4, -0.2) is 95.9 Å². The number of aliphatic hydroxyl groups excluding tert-OH is 2. The first-order valence-corrected chi connectivity index (χ1v) is 43.1. The molecule has 0 aliphatic heterocycles. The third-order valence-electron chi connectivity index (χ3n) is 16.5. The molecule has 5 atom stereocenters. The molecule has 5 unspecified atom stereocenters. The number of ether oxygens (including phenoxy) is 3. The number of hydrogen-bond acceptors (Lipinski definition) is 14. The van der Waals surface area contributed by atoms with Gasteiger partial charge in [-0.15, -0.1) is 0 Å². The summed E-state index contributed by atoms with van der Waals surface area (Å²) in [5.41, 5.74) is 0. The van der Waals surface area contributed by atoms with Crippen LogP contribution in [0, 0.1) is 0 Å². The first kappa shape index (κ1) is 98.4. The van der Waals surface area contributed by atoms with Crippen LogP contribution in [-0.2, 0) is 55.8 Å². The highest BCUT2D eigenvalue weighted by Gasteiger charge is 2.29. The fourth-order valence-electron chi connectivity index (χ4n) is 10.4. The molecule has 0 heterocycles. The summed E-state index contributed by atoms with van der Waals surface area (Å²) in [5, 5.41) is 20.7. The predicted molar refractivity (Wildman–Crippen MR) is 426 cm³/mol. The Bertz CT molecular complexity index is 2450. The lowest BCUT2D eigenvalue weighted by molar-refractivity contribution is -0.161. The second-order valence-electron chi connectivity index (χ2n) is 26.5.